The van der Waals surface area contributed by atoms with Gasteiger partial charge in [0.25, 0.3) is 0 Å². The Hall–Kier alpha value is -1.79. The third kappa shape index (κ3) is 4.19. The van der Waals surface area contributed by atoms with Gasteiger partial charge >= 0.3 is 0 Å². The highest BCUT2D eigenvalue weighted by atomic mass is 16.7. The maximum atomic E-state index is 11.4. The molecular formula is C18H26N2O4. The van der Waals surface area contributed by atoms with Gasteiger partial charge in [-0.1, -0.05) is 0 Å². The van der Waals surface area contributed by atoms with Crippen molar-refractivity contribution in [3.63, 3.8) is 0 Å². The van der Waals surface area contributed by atoms with Gasteiger partial charge in [-0.3, -0.25) is 4.79 Å². The van der Waals surface area contributed by atoms with E-state index in [1.54, 1.807) is 6.92 Å². The Labute approximate surface area is 143 Å². The number of carbonyl (C=O) groups is 1. The van der Waals surface area contributed by atoms with Gasteiger partial charge in [0.15, 0.2) is 5.79 Å². The van der Waals surface area contributed by atoms with Crippen LogP contribution in [0.2, 0.25) is 0 Å². The summed E-state index contributed by atoms with van der Waals surface area (Å²) in [6.45, 7) is 9.78. The molecule has 6 nitrogen and oxygen atoms in total. The van der Waals surface area contributed by atoms with Crippen molar-refractivity contribution < 1.29 is 19.0 Å². The second kappa shape index (κ2) is 6.99. The van der Waals surface area contributed by atoms with E-state index in [1.165, 1.54) is 0 Å². The molecule has 1 aromatic rings. The second-order valence-corrected chi connectivity index (χ2v) is 6.75. The highest BCUT2D eigenvalue weighted by molar-refractivity contribution is 5.73. The molecule has 0 aromatic heterocycles. The van der Waals surface area contributed by atoms with Crippen LogP contribution in [0.15, 0.2) is 24.3 Å². The number of rotatable bonds is 4. The van der Waals surface area contributed by atoms with E-state index < -0.39 is 5.79 Å². The van der Waals surface area contributed by atoms with Gasteiger partial charge in [-0.15, -0.1) is 0 Å². The van der Waals surface area contributed by atoms with Crippen LogP contribution in [0, 0.1) is 0 Å². The molecule has 0 spiro atoms. The first kappa shape index (κ1) is 17.0. The van der Waals surface area contributed by atoms with Gasteiger partial charge in [-0.05, 0) is 38.1 Å². The van der Waals surface area contributed by atoms with E-state index in [0.29, 0.717) is 13.2 Å². The molecule has 0 saturated carbocycles. The van der Waals surface area contributed by atoms with Crippen LogP contribution in [-0.2, 0) is 14.3 Å². The molecule has 2 heterocycles. The molecule has 0 N–H and O–H groups in total. The summed E-state index contributed by atoms with van der Waals surface area (Å²) in [4.78, 5) is 15.6. The number of nitrogens with zero attached hydrogens (tertiary/aromatic N) is 2. The van der Waals surface area contributed by atoms with Crippen LogP contribution >= 0.6 is 0 Å². The van der Waals surface area contributed by atoms with E-state index in [2.05, 4.69) is 17.0 Å². The molecule has 2 fully saturated rings. The molecule has 0 bridgehead atoms. The fraction of sp³-hybridized carbons (Fsp3) is 0.611. The zero-order chi connectivity index (χ0) is 17.2. The Balaban J connectivity index is 1.48. The highest BCUT2D eigenvalue weighted by Crippen LogP contribution is 2.24. The van der Waals surface area contributed by atoms with Crippen molar-refractivity contribution in [3.05, 3.63) is 24.3 Å². The van der Waals surface area contributed by atoms with Crippen molar-refractivity contribution in [1.82, 2.24) is 4.90 Å². The first-order valence-electron chi connectivity index (χ1n) is 8.48. The summed E-state index contributed by atoms with van der Waals surface area (Å²) in [7, 11) is 0. The molecule has 24 heavy (non-hydrogen) atoms. The van der Waals surface area contributed by atoms with E-state index in [4.69, 9.17) is 14.2 Å². The highest BCUT2D eigenvalue weighted by Gasteiger charge is 2.32. The number of carbonyl (C=O) groups excluding carboxylic acids is 1. The zero-order valence-corrected chi connectivity index (χ0v) is 14.7. The molecule has 1 aromatic carbocycles. The maximum Gasteiger partial charge on any atom is 0.219 e. The SMILES string of the molecule is CC(=O)N1CCN(c2ccc(OC[C@@H]3COC(C)(C)O3)cc2)CC1. The summed E-state index contributed by atoms with van der Waals surface area (Å²) in [5.74, 6) is 0.467. The lowest BCUT2D eigenvalue weighted by Crippen LogP contribution is -2.48. The molecular weight excluding hydrogens is 308 g/mol. The van der Waals surface area contributed by atoms with Gasteiger partial charge in [0.1, 0.15) is 18.5 Å². The van der Waals surface area contributed by atoms with Crippen LogP contribution in [-0.4, -0.2) is 62.1 Å². The van der Waals surface area contributed by atoms with Gasteiger partial charge in [-0.2, -0.15) is 0 Å². The number of amides is 1. The monoisotopic (exact) mass is 334 g/mol. The van der Waals surface area contributed by atoms with Gasteiger partial charge in [0.05, 0.1) is 6.61 Å². The van der Waals surface area contributed by atoms with Crippen molar-refractivity contribution in [3.8, 4) is 5.75 Å². The van der Waals surface area contributed by atoms with Crippen LogP contribution < -0.4 is 9.64 Å². The number of anilines is 1. The van der Waals surface area contributed by atoms with Crippen LogP contribution in [0.4, 0.5) is 5.69 Å². The lowest BCUT2D eigenvalue weighted by Gasteiger charge is -2.35. The van der Waals surface area contributed by atoms with E-state index >= 15 is 0 Å². The van der Waals surface area contributed by atoms with Gasteiger partial charge < -0.3 is 24.0 Å². The first-order chi connectivity index (χ1) is 11.4. The van der Waals surface area contributed by atoms with Crippen LogP contribution in [0.1, 0.15) is 20.8 Å². The Kier molecular flexibility index (Phi) is 4.96. The molecule has 6 heteroatoms. The Morgan fingerprint density at radius 1 is 1.21 bits per heavy atom. The van der Waals surface area contributed by atoms with Crippen LogP contribution in [0.3, 0.4) is 0 Å². The number of ether oxygens (including phenoxy) is 3. The van der Waals surface area contributed by atoms with Crippen LogP contribution in [0.5, 0.6) is 5.75 Å². The van der Waals surface area contributed by atoms with Crippen molar-refractivity contribution >= 4 is 11.6 Å². The van der Waals surface area contributed by atoms with Gasteiger partial charge in [0.2, 0.25) is 5.91 Å². The summed E-state index contributed by atoms with van der Waals surface area (Å²) in [5.41, 5.74) is 1.16. The van der Waals surface area contributed by atoms with Crippen molar-refractivity contribution in [1.29, 1.82) is 0 Å². The number of hydrogen-bond acceptors (Lipinski definition) is 5. The van der Waals surface area contributed by atoms with Crippen molar-refractivity contribution in [2.45, 2.75) is 32.7 Å². The summed E-state index contributed by atoms with van der Waals surface area (Å²) in [6, 6.07) is 8.09. The molecule has 2 saturated heterocycles. The summed E-state index contributed by atoms with van der Waals surface area (Å²) in [5, 5.41) is 0. The smallest absolute Gasteiger partial charge is 0.219 e. The Bertz CT molecular complexity index is 565. The fourth-order valence-electron chi connectivity index (χ4n) is 3.07. The fourth-order valence-corrected chi connectivity index (χ4v) is 3.07. The number of hydrogen-bond donors (Lipinski definition) is 0. The van der Waals surface area contributed by atoms with Crippen LogP contribution in [0.25, 0.3) is 0 Å². The maximum absolute atomic E-state index is 11.4. The largest absolute Gasteiger partial charge is 0.491 e. The number of piperazine rings is 1. The van der Waals surface area contributed by atoms with E-state index in [-0.39, 0.29) is 12.0 Å². The molecule has 3 rings (SSSR count). The average molecular weight is 334 g/mol. The average Bonchev–Trinajstić information content (AvgIpc) is 2.93. The molecule has 0 unspecified atom stereocenters. The van der Waals surface area contributed by atoms with E-state index in [9.17, 15) is 4.79 Å². The van der Waals surface area contributed by atoms with Gasteiger partial charge in [0, 0.05) is 38.8 Å². The molecule has 0 aliphatic carbocycles. The molecule has 1 atom stereocenters. The molecule has 1 amide bonds. The Morgan fingerprint density at radius 2 is 1.88 bits per heavy atom. The van der Waals surface area contributed by atoms with E-state index in [1.807, 2.05) is 30.9 Å². The topological polar surface area (TPSA) is 51.2 Å². The van der Waals surface area contributed by atoms with Gasteiger partial charge in [-0.25, -0.2) is 0 Å². The summed E-state index contributed by atoms with van der Waals surface area (Å²) in [6.07, 6.45) is -0.0284. The lowest BCUT2D eigenvalue weighted by molar-refractivity contribution is -0.141. The number of benzene rings is 1. The summed E-state index contributed by atoms with van der Waals surface area (Å²) < 4.78 is 17.1. The second-order valence-electron chi connectivity index (χ2n) is 6.75. The molecule has 0 radical (unpaired) electrons. The molecule has 132 valence electrons. The normalized spacial score (nSPS) is 23.4. The van der Waals surface area contributed by atoms with Crippen molar-refractivity contribution in [2.75, 3.05) is 44.3 Å². The predicted molar refractivity (Wildman–Crippen MR) is 91.3 cm³/mol. The third-order valence-corrected chi connectivity index (χ3v) is 4.43. The third-order valence-electron chi connectivity index (χ3n) is 4.43. The lowest BCUT2D eigenvalue weighted by atomic mass is 10.2. The first-order valence-corrected chi connectivity index (χ1v) is 8.48. The minimum absolute atomic E-state index is 0.0284. The zero-order valence-electron chi connectivity index (χ0n) is 14.7. The quantitative estimate of drug-likeness (QED) is 0.842. The molecule has 2 aliphatic heterocycles. The molecule has 2 aliphatic rings. The minimum atomic E-state index is -0.514. The standard InChI is InChI=1S/C18H26N2O4/c1-14(21)19-8-10-20(11-9-19)15-4-6-16(7-5-15)22-12-17-13-23-18(2,3)24-17/h4-7,17H,8-13H2,1-3H3/t17-/m1/s1. The Morgan fingerprint density at radius 3 is 2.42 bits per heavy atom. The van der Waals surface area contributed by atoms with E-state index in [0.717, 1.165) is 37.6 Å². The van der Waals surface area contributed by atoms with Crippen molar-refractivity contribution in [2.24, 2.45) is 0 Å². The minimum Gasteiger partial charge on any atom is -0.491 e. The predicted octanol–water partition coefficient (Wildman–Crippen LogP) is 1.89. The summed E-state index contributed by atoms with van der Waals surface area (Å²) >= 11 is 0.